The number of nitrogens with one attached hydrogen (secondary N) is 1. The van der Waals surface area contributed by atoms with Crippen molar-refractivity contribution in [3.8, 4) is 0 Å². The van der Waals surface area contributed by atoms with E-state index in [0.29, 0.717) is 5.56 Å². The third kappa shape index (κ3) is 3.79. The fraction of sp³-hybridized carbons (Fsp3) is 0.0714. The monoisotopic (exact) mass is 316 g/mol. The van der Waals surface area contributed by atoms with Crippen LogP contribution in [0.15, 0.2) is 36.5 Å². The lowest BCUT2D eigenvalue weighted by Gasteiger charge is -2.01. The zero-order valence-corrected chi connectivity index (χ0v) is 12.0. The van der Waals surface area contributed by atoms with Crippen molar-refractivity contribution >= 4 is 29.3 Å². The van der Waals surface area contributed by atoms with Gasteiger partial charge in [0.25, 0.3) is 5.69 Å². The van der Waals surface area contributed by atoms with Crippen LogP contribution in [0.5, 0.6) is 0 Å². The Balaban J connectivity index is 2.12. The van der Waals surface area contributed by atoms with Crippen molar-refractivity contribution < 1.29 is 19.6 Å². The van der Waals surface area contributed by atoms with E-state index in [4.69, 9.17) is 5.11 Å². The first-order chi connectivity index (χ1) is 10.9. The average molecular weight is 316 g/mol. The molecule has 0 unspecified atom stereocenters. The largest absolute Gasteiger partial charge is 0.476 e. The normalized spacial score (nSPS) is 10.7. The maximum absolute atomic E-state index is 11.8. The summed E-state index contributed by atoms with van der Waals surface area (Å²) in [5.74, 6) is -1.80. The van der Waals surface area contributed by atoms with Gasteiger partial charge in [-0.25, -0.2) is 4.79 Å². The van der Waals surface area contributed by atoms with Gasteiger partial charge in [0.1, 0.15) is 0 Å². The minimum Gasteiger partial charge on any atom is -0.476 e. The van der Waals surface area contributed by atoms with Gasteiger partial charge in [-0.3, -0.25) is 19.6 Å². The Bertz CT molecular complexity index is 809. The second kappa shape index (κ2) is 6.52. The number of hydrogen-bond acceptors (Lipinski definition) is 5. The molecule has 2 aromatic rings. The number of non-ortho nitro benzene ring substituents is 1. The van der Waals surface area contributed by atoms with Crippen molar-refractivity contribution in [3.05, 3.63) is 57.9 Å². The van der Waals surface area contributed by atoms with Crippen LogP contribution < -0.4 is 5.32 Å². The highest BCUT2D eigenvalue weighted by molar-refractivity contribution is 6.05. The first-order valence-electron chi connectivity index (χ1n) is 6.37. The van der Waals surface area contributed by atoms with Crippen LogP contribution in [-0.4, -0.2) is 31.7 Å². The van der Waals surface area contributed by atoms with Crippen molar-refractivity contribution in [2.24, 2.45) is 7.05 Å². The Labute approximate surface area is 130 Å². The van der Waals surface area contributed by atoms with Crippen LogP contribution in [0.2, 0.25) is 0 Å². The summed E-state index contributed by atoms with van der Waals surface area (Å²) in [6.45, 7) is 0. The molecule has 1 amide bonds. The van der Waals surface area contributed by atoms with Crippen molar-refractivity contribution in [2.45, 2.75) is 0 Å². The predicted molar refractivity (Wildman–Crippen MR) is 80.9 cm³/mol. The van der Waals surface area contributed by atoms with Crippen LogP contribution in [0.25, 0.3) is 6.08 Å². The molecule has 0 saturated heterocycles. The van der Waals surface area contributed by atoms with E-state index >= 15 is 0 Å². The van der Waals surface area contributed by atoms with Crippen molar-refractivity contribution in [1.29, 1.82) is 0 Å². The van der Waals surface area contributed by atoms with E-state index < -0.39 is 16.8 Å². The molecule has 118 valence electrons. The Morgan fingerprint density at radius 3 is 2.83 bits per heavy atom. The average Bonchev–Trinajstić information content (AvgIpc) is 2.86. The van der Waals surface area contributed by atoms with Gasteiger partial charge in [0.2, 0.25) is 5.91 Å². The smallest absolute Gasteiger partial charge is 0.356 e. The number of anilines is 1. The number of aromatic nitrogens is 2. The summed E-state index contributed by atoms with van der Waals surface area (Å²) < 4.78 is 1.13. The maximum atomic E-state index is 11.8. The molecule has 0 saturated carbocycles. The minimum atomic E-state index is -1.22. The Morgan fingerprint density at radius 2 is 2.17 bits per heavy atom. The molecule has 0 spiro atoms. The summed E-state index contributed by atoms with van der Waals surface area (Å²) >= 11 is 0. The van der Waals surface area contributed by atoms with Crippen molar-refractivity contribution in [1.82, 2.24) is 9.78 Å². The van der Waals surface area contributed by atoms with Gasteiger partial charge in [0.15, 0.2) is 5.69 Å². The maximum Gasteiger partial charge on any atom is 0.356 e. The number of rotatable bonds is 5. The number of carbonyl (C=O) groups excluding carboxylic acids is 1. The van der Waals surface area contributed by atoms with Crippen molar-refractivity contribution in [3.63, 3.8) is 0 Å². The number of hydrogen-bond donors (Lipinski definition) is 2. The fourth-order valence-corrected chi connectivity index (χ4v) is 1.87. The van der Waals surface area contributed by atoms with E-state index in [1.807, 2.05) is 0 Å². The first-order valence-corrected chi connectivity index (χ1v) is 6.37. The van der Waals surface area contributed by atoms with Gasteiger partial charge in [-0.15, -0.1) is 0 Å². The number of carbonyl (C=O) groups is 2. The molecule has 9 heteroatoms. The lowest BCUT2D eigenvalue weighted by molar-refractivity contribution is -0.384. The van der Waals surface area contributed by atoms with Crippen LogP contribution in [0, 0.1) is 10.1 Å². The molecular formula is C14H12N4O5. The molecular weight excluding hydrogens is 304 g/mol. The van der Waals surface area contributed by atoms with Crippen LogP contribution in [0.3, 0.4) is 0 Å². The number of benzene rings is 1. The first kappa shape index (κ1) is 15.9. The van der Waals surface area contributed by atoms with Gasteiger partial charge in [-0.05, 0) is 11.6 Å². The second-order valence-electron chi connectivity index (χ2n) is 4.51. The van der Waals surface area contributed by atoms with Gasteiger partial charge in [-0.2, -0.15) is 5.10 Å². The van der Waals surface area contributed by atoms with E-state index in [1.165, 1.54) is 37.5 Å². The second-order valence-corrected chi connectivity index (χ2v) is 4.51. The molecule has 1 aromatic heterocycles. The topological polar surface area (TPSA) is 127 Å². The molecule has 2 rings (SSSR count). The minimum absolute atomic E-state index is 0.0636. The molecule has 0 atom stereocenters. The Morgan fingerprint density at radius 1 is 1.43 bits per heavy atom. The third-order valence-electron chi connectivity index (χ3n) is 2.91. The van der Waals surface area contributed by atoms with Gasteiger partial charge in [0, 0.05) is 25.3 Å². The molecule has 1 aromatic carbocycles. The number of aryl methyl sites for hydroxylation is 1. The highest BCUT2D eigenvalue weighted by Gasteiger charge is 2.16. The molecule has 2 N–H and O–H groups in total. The van der Waals surface area contributed by atoms with E-state index in [9.17, 15) is 19.7 Å². The summed E-state index contributed by atoms with van der Waals surface area (Å²) in [5, 5.41) is 25.9. The molecule has 0 aliphatic rings. The van der Waals surface area contributed by atoms with E-state index in [2.05, 4.69) is 10.4 Å². The highest BCUT2D eigenvalue weighted by atomic mass is 16.6. The SMILES string of the molecule is Cn1ncc(NC(=O)/C=C/c2cccc([N+](=O)[O-])c2)c1C(=O)O. The number of nitrogens with zero attached hydrogens (tertiary/aromatic N) is 3. The molecule has 23 heavy (non-hydrogen) atoms. The molecule has 0 radical (unpaired) electrons. The molecule has 1 heterocycles. The van der Waals surface area contributed by atoms with Gasteiger partial charge in [-0.1, -0.05) is 12.1 Å². The molecule has 0 bridgehead atoms. The summed E-state index contributed by atoms with van der Waals surface area (Å²) in [6.07, 6.45) is 3.76. The van der Waals surface area contributed by atoms with Gasteiger partial charge < -0.3 is 10.4 Å². The zero-order valence-electron chi connectivity index (χ0n) is 12.0. The summed E-state index contributed by atoms with van der Waals surface area (Å²) in [6, 6.07) is 5.76. The highest BCUT2D eigenvalue weighted by Crippen LogP contribution is 2.16. The quantitative estimate of drug-likeness (QED) is 0.490. The van der Waals surface area contributed by atoms with Crippen LogP contribution in [0.1, 0.15) is 16.1 Å². The standard InChI is InChI=1S/C14H12N4O5/c1-17-13(14(20)21)11(8-15-17)16-12(19)6-5-9-3-2-4-10(7-9)18(22)23/h2-8H,1H3,(H,16,19)(H,20,21)/b6-5+. The molecule has 9 nitrogen and oxygen atoms in total. The lowest BCUT2D eigenvalue weighted by atomic mass is 10.2. The predicted octanol–water partition coefficient (Wildman–Crippen LogP) is 1.68. The third-order valence-corrected chi connectivity index (χ3v) is 2.91. The van der Waals surface area contributed by atoms with Crippen molar-refractivity contribution in [2.75, 3.05) is 5.32 Å². The van der Waals surface area contributed by atoms with E-state index in [-0.39, 0.29) is 17.1 Å². The Kier molecular flexibility index (Phi) is 4.50. The van der Waals surface area contributed by atoms with Crippen LogP contribution in [-0.2, 0) is 11.8 Å². The number of nitro groups is 1. The fourth-order valence-electron chi connectivity index (χ4n) is 1.87. The molecule has 0 aliphatic carbocycles. The Hall–Kier alpha value is -3.49. The zero-order chi connectivity index (χ0) is 17.0. The molecule has 0 fully saturated rings. The van der Waals surface area contributed by atoms with E-state index in [1.54, 1.807) is 6.07 Å². The number of carboxylic acids is 1. The summed E-state index contributed by atoms with van der Waals surface area (Å²) in [4.78, 5) is 33.0. The van der Waals surface area contributed by atoms with Crippen LogP contribution >= 0.6 is 0 Å². The lowest BCUT2D eigenvalue weighted by Crippen LogP contribution is -2.13. The number of aromatic carboxylic acids is 1. The van der Waals surface area contributed by atoms with Gasteiger partial charge in [0.05, 0.1) is 16.8 Å². The van der Waals surface area contributed by atoms with Crippen LogP contribution in [0.4, 0.5) is 11.4 Å². The number of nitro benzene ring substituents is 1. The molecule has 0 aliphatic heterocycles. The number of amides is 1. The summed E-state index contributed by atoms with van der Waals surface area (Å²) in [7, 11) is 1.44. The summed E-state index contributed by atoms with van der Waals surface area (Å²) in [5.41, 5.74) is 0.294. The van der Waals surface area contributed by atoms with Gasteiger partial charge >= 0.3 is 5.97 Å². The van der Waals surface area contributed by atoms with E-state index in [0.717, 1.165) is 10.8 Å². The number of carboxylic acid groups (broad SMARTS) is 1.